The first-order valence-electron chi connectivity index (χ1n) is 7.38. The number of ether oxygens (including phenoxy) is 2. The summed E-state index contributed by atoms with van der Waals surface area (Å²) in [7, 11) is 1.62. The van der Waals surface area contributed by atoms with E-state index in [-0.39, 0.29) is 24.4 Å². The number of halogens is 1. The van der Waals surface area contributed by atoms with Crippen molar-refractivity contribution >= 4 is 18.3 Å². The summed E-state index contributed by atoms with van der Waals surface area (Å²) < 4.78 is 10.7. The smallest absolute Gasteiger partial charge is 0.248 e. The van der Waals surface area contributed by atoms with E-state index in [9.17, 15) is 4.79 Å². The fourth-order valence-corrected chi connectivity index (χ4v) is 2.11. The van der Waals surface area contributed by atoms with Gasteiger partial charge in [0, 0.05) is 12.6 Å². The highest BCUT2D eigenvalue weighted by molar-refractivity contribution is 5.85. The van der Waals surface area contributed by atoms with Crippen molar-refractivity contribution in [1.82, 2.24) is 5.32 Å². The van der Waals surface area contributed by atoms with E-state index < -0.39 is 6.10 Å². The predicted molar refractivity (Wildman–Crippen MR) is 88.2 cm³/mol. The molecule has 2 unspecified atom stereocenters. The van der Waals surface area contributed by atoms with Crippen LogP contribution in [0.3, 0.4) is 0 Å². The molecule has 0 heterocycles. The van der Waals surface area contributed by atoms with Gasteiger partial charge in [0.15, 0.2) is 0 Å². The number of hydrogen-bond acceptors (Lipinski definition) is 4. The number of hydrogen-bond donors (Lipinski definition) is 2. The van der Waals surface area contributed by atoms with Gasteiger partial charge in [-0.25, -0.2) is 0 Å². The summed E-state index contributed by atoms with van der Waals surface area (Å²) in [5, 5.41) is 2.85. The fourth-order valence-electron chi connectivity index (χ4n) is 2.11. The van der Waals surface area contributed by atoms with Crippen molar-refractivity contribution < 1.29 is 14.3 Å². The average molecular weight is 329 g/mol. The molecule has 0 bridgehead atoms. The second-order valence-corrected chi connectivity index (χ2v) is 5.55. The number of rotatable bonds is 8. The van der Waals surface area contributed by atoms with Crippen molar-refractivity contribution in [2.75, 3.05) is 13.7 Å². The molecule has 1 aliphatic carbocycles. The molecular weight excluding hydrogens is 304 g/mol. The van der Waals surface area contributed by atoms with Gasteiger partial charge in [-0.15, -0.1) is 12.4 Å². The van der Waals surface area contributed by atoms with Crippen LogP contribution in [0.5, 0.6) is 5.75 Å². The quantitative estimate of drug-likeness (QED) is 0.764. The van der Waals surface area contributed by atoms with Crippen molar-refractivity contribution in [3.8, 4) is 5.75 Å². The molecule has 0 aliphatic heterocycles. The summed E-state index contributed by atoms with van der Waals surface area (Å²) in [5.41, 5.74) is 6.93. The molecule has 0 saturated heterocycles. The molecule has 1 aromatic rings. The maximum atomic E-state index is 11.9. The highest BCUT2D eigenvalue weighted by Gasteiger charge is 2.28. The lowest BCUT2D eigenvalue weighted by molar-refractivity contribution is -0.132. The molecular formula is C16H25ClN2O3. The van der Waals surface area contributed by atoms with E-state index in [4.69, 9.17) is 15.2 Å². The molecule has 0 spiro atoms. The van der Waals surface area contributed by atoms with Crippen LogP contribution >= 0.6 is 12.4 Å². The Labute approximate surface area is 138 Å². The van der Waals surface area contributed by atoms with Gasteiger partial charge >= 0.3 is 0 Å². The minimum absolute atomic E-state index is 0. The molecule has 5 nitrogen and oxygen atoms in total. The molecule has 2 atom stereocenters. The van der Waals surface area contributed by atoms with Gasteiger partial charge in [0.05, 0.1) is 13.7 Å². The molecule has 1 fully saturated rings. The van der Waals surface area contributed by atoms with Crippen molar-refractivity contribution in [2.45, 2.75) is 38.5 Å². The zero-order valence-electron chi connectivity index (χ0n) is 13.1. The van der Waals surface area contributed by atoms with Crippen molar-refractivity contribution in [1.29, 1.82) is 0 Å². The highest BCUT2D eigenvalue weighted by atomic mass is 35.5. The third-order valence-corrected chi connectivity index (χ3v) is 3.74. The maximum absolute atomic E-state index is 11.9. The Hall–Kier alpha value is -1.30. The first-order chi connectivity index (χ1) is 10.1. The molecule has 1 saturated carbocycles. The minimum Gasteiger partial charge on any atom is -0.497 e. The number of carbonyl (C=O) groups excluding carboxylic acids is 1. The van der Waals surface area contributed by atoms with Gasteiger partial charge in [-0.1, -0.05) is 12.1 Å². The topological polar surface area (TPSA) is 73.6 Å². The Bertz CT molecular complexity index is 480. The number of methoxy groups -OCH3 is 1. The third-order valence-electron chi connectivity index (χ3n) is 3.74. The van der Waals surface area contributed by atoms with Crippen molar-refractivity contribution in [2.24, 2.45) is 11.7 Å². The summed E-state index contributed by atoms with van der Waals surface area (Å²) in [6.45, 7) is 2.65. The van der Waals surface area contributed by atoms with Gasteiger partial charge in [-0.2, -0.15) is 0 Å². The lowest BCUT2D eigenvalue weighted by Gasteiger charge is -2.16. The number of amides is 1. The Morgan fingerprint density at radius 1 is 1.45 bits per heavy atom. The van der Waals surface area contributed by atoms with E-state index in [1.807, 2.05) is 24.3 Å². The van der Waals surface area contributed by atoms with Crippen molar-refractivity contribution in [3.63, 3.8) is 0 Å². The Morgan fingerprint density at radius 2 is 2.18 bits per heavy atom. The normalized spacial score (nSPS) is 16.3. The van der Waals surface area contributed by atoms with E-state index in [0.29, 0.717) is 19.1 Å². The number of benzene rings is 1. The number of nitrogens with one attached hydrogen (secondary N) is 1. The second-order valence-electron chi connectivity index (χ2n) is 5.55. The maximum Gasteiger partial charge on any atom is 0.248 e. The standard InChI is InChI=1S/C16H24N2O3.ClH/c1-11(16(19)18-9-15(17)13-6-7-13)21-10-12-4-3-5-14(8-12)20-2;/h3-5,8,11,13,15H,6-7,9-10,17H2,1-2H3,(H,18,19);1H. The average Bonchev–Trinajstić information content (AvgIpc) is 3.34. The molecule has 0 aromatic heterocycles. The van der Waals surface area contributed by atoms with Gasteiger partial charge in [0.1, 0.15) is 11.9 Å². The van der Waals surface area contributed by atoms with Crippen molar-refractivity contribution in [3.05, 3.63) is 29.8 Å². The zero-order valence-corrected chi connectivity index (χ0v) is 13.9. The van der Waals surface area contributed by atoms with E-state index in [1.54, 1.807) is 14.0 Å². The van der Waals surface area contributed by atoms with Crippen LogP contribution in [0.25, 0.3) is 0 Å². The monoisotopic (exact) mass is 328 g/mol. The highest BCUT2D eigenvalue weighted by Crippen LogP contribution is 2.31. The third kappa shape index (κ3) is 5.83. The Kier molecular flexibility index (Phi) is 7.65. The van der Waals surface area contributed by atoms with Crippen LogP contribution in [0.15, 0.2) is 24.3 Å². The molecule has 1 amide bonds. The molecule has 6 heteroatoms. The number of carbonyl (C=O) groups is 1. The summed E-state index contributed by atoms with van der Waals surface area (Å²) in [4.78, 5) is 11.9. The van der Waals surface area contributed by atoms with E-state index in [0.717, 1.165) is 11.3 Å². The Morgan fingerprint density at radius 3 is 2.82 bits per heavy atom. The lowest BCUT2D eigenvalue weighted by Crippen LogP contribution is -2.42. The van der Waals surface area contributed by atoms with Gasteiger partial charge in [0.25, 0.3) is 0 Å². The minimum atomic E-state index is -0.498. The first-order valence-corrected chi connectivity index (χ1v) is 7.38. The predicted octanol–water partition coefficient (Wildman–Crippen LogP) is 1.88. The van der Waals surface area contributed by atoms with Gasteiger partial charge in [0.2, 0.25) is 5.91 Å². The van der Waals surface area contributed by atoms with E-state index >= 15 is 0 Å². The summed E-state index contributed by atoms with van der Waals surface area (Å²) in [6.07, 6.45) is 1.86. The van der Waals surface area contributed by atoms with Crippen LogP contribution in [-0.2, 0) is 16.1 Å². The summed E-state index contributed by atoms with van der Waals surface area (Å²) in [5.74, 6) is 1.25. The molecule has 1 aliphatic rings. The summed E-state index contributed by atoms with van der Waals surface area (Å²) >= 11 is 0. The molecule has 2 rings (SSSR count). The zero-order chi connectivity index (χ0) is 15.2. The summed E-state index contributed by atoms with van der Waals surface area (Å²) in [6, 6.07) is 7.68. The molecule has 0 radical (unpaired) electrons. The number of nitrogens with two attached hydrogens (primary N) is 1. The second kappa shape index (κ2) is 8.98. The van der Waals surface area contributed by atoms with Crippen LogP contribution in [0.4, 0.5) is 0 Å². The Balaban J connectivity index is 0.00000242. The van der Waals surface area contributed by atoms with Crippen LogP contribution in [0, 0.1) is 5.92 Å². The molecule has 3 N–H and O–H groups in total. The van der Waals surface area contributed by atoms with E-state index in [1.165, 1.54) is 12.8 Å². The first kappa shape index (κ1) is 18.7. The van der Waals surface area contributed by atoms with Crippen LogP contribution < -0.4 is 15.8 Å². The van der Waals surface area contributed by atoms with E-state index in [2.05, 4.69) is 5.32 Å². The molecule has 1 aromatic carbocycles. The van der Waals surface area contributed by atoms with Crippen LogP contribution in [0.1, 0.15) is 25.3 Å². The van der Waals surface area contributed by atoms with Gasteiger partial charge in [-0.3, -0.25) is 4.79 Å². The SMILES string of the molecule is COc1cccc(COC(C)C(=O)NCC(N)C2CC2)c1.Cl. The van der Waals surface area contributed by atoms with Crippen LogP contribution in [0.2, 0.25) is 0 Å². The fraction of sp³-hybridized carbons (Fsp3) is 0.562. The molecule has 124 valence electrons. The largest absolute Gasteiger partial charge is 0.497 e. The van der Waals surface area contributed by atoms with Gasteiger partial charge < -0.3 is 20.5 Å². The lowest BCUT2D eigenvalue weighted by atomic mass is 10.2. The van der Waals surface area contributed by atoms with Gasteiger partial charge in [-0.05, 0) is 43.4 Å². The molecule has 22 heavy (non-hydrogen) atoms. The van der Waals surface area contributed by atoms with Crippen LogP contribution in [-0.4, -0.2) is 31.7 Å².